The molecule has 0 radical (unpaired) electrons. The third-order valence-electron chi connectivity index (χ3n) is 26.1. The van der Waals surface area contributed by atoms with Crippen LogP contribution in [-0.2, 0) is 117 Å². The Kier molecular flexibility index (Phi) is 23.2. The van der Waals surface area contributed by atoms with Gasteiger partial charge in [-0.3, -0.25) is 9.97 Å². The molecule has 16 heterocycles. The Morgan fingerprint density at radius 3 is 1.27 bits per heavy atom. The highest BCUT2D eigenvalue weighted by Gasteiger charge is 2.41. The molecule has 12 aliphatic rings. The Hall–Kier alpha value is -9.18. The van der Waals surface area contributed by atoms with E-state index >= 15 is 0 Å². The van der Waals surface area contributed by atoms with Crippen LogP contribution in [0.5, 0.6) is 0 Å². The van der Waals surface area contributed by atoms with Crippen molar-refractivity contribution >= 4 is 127 Å². The SMILES string of the molecule is C[C@@H]1Cc2ncnc(C3CCN(S(C)(=O)=O)CC3)c2CN1c1cnc2c(c1)CC=C2.C[C@@H]1Cc2ncnc(N3CCC(S(C)(=O)=O)CC3)c2CN1c1ccnc2c1C=CC2.C[C@@H]1Cc2ncnc(N3CC[C@@H](S(C)(=O)=O)C3)c2CN1c1cc(Cl)nc2c1C=CC2.C[C@@H]1Cc2ncnc(N3CC[C@H](S(C)(=O)=O)C3)c2CN1c1cc(Cl)nc2c1C=CC2. The Morgan fingerprint density at radius 2 is 0.800 bits per heavy atom. The summed E-state index contributed by atoms with van der Waals surface area (Å²) in [7, 11) is -12.2. The molecule has 0 aromatic carbocycles. The number of hydrogen-bond donors (Lipinski definition) is 0. The molecule has 120 heavy (non-hydrogen) atoms. The Labute approximate surface area is 713 Å². The minimum Gasteiger partial charge on any atom is -0.363 e. The molecule has 4 saturated heterocycles. The van der Waals surface area contributed by atoms with Gasteiger partial charge in [0.05, 0.1) is 85.1 Å². The smallest absolute Gasteiger partial charge is 0.211 e. The summed E-state index contributed by atoms with van der Waals surface area (Å²) in [6, 6.07) is 9.42. The average Bonchev–Trinajstić information content (AvgIpc) is 1.28. The quantitative estimate of drug-likeness (QED) is 0.103. The number of pyridine rings is 4. The van der Waals surface area contributed by atoms with E-state index in [9.17, 15) is 33.7 Å². The van der Waals surface area contributed by atoms with E-state index in [1.807, 2.05) is 24.5 Å². The van der Waals surface area contributed by atoms with Crippen molar-refractivity contribution in [2.75, 3.05) is 112 Å². The lowest BCUT2D eigenvalue weighted by molar-refractivity contribution is 0.317. The van der Waals surface area contributed by atoms with Crippen LogP contribution in [0.2, 0.25) is 10.3 Å². The first-order chi connectivity index (χ1) is 57.4. The number of sulfonamides is 1. The predicted octanol–water partition coefficient (Wildman–Crippen LogP) is 10.3. The first kappa shape index (κ1) is 83.1. The lowest BCUT2D eigenvalue weighted by Crippen LogP contribution is -2.43. The Morgan fingerprint density at radius 1 is 0.392 bits per heavy atom. The molecule has 0 spiro atoms. The summed E-state index contributed by atoms with van der Waals surface area (Å²) in [5, 5.41) is 0.0912. The topological polar surface area (TPSA) is 317 Å². The van der Waals surface area contributed by atoms with E-state index in [2.05, 4.69) is 183 Å². The molecular weight excluding hydrogens is 1640 g/mol. The van der Waals surface area contributed by atoms with Crippen LogP contribution in [0, 0.1) is 0 Å². The average molecular weight is 1740 g/mol. The molecular formula is C86H102Cl2N20O8S4. The molecule has 8 aromatic rings. The number of piperidine rings is 2. The van der Waals surface area contributed by atoms with Crippen molar-refractivity contribution in [2.45, 2.75) is 190 Å². The number of hydrogen-bond acceptors (Lipinski definition) is 27. The van der Waals surface area contributed by atoms with E-state index in [0.717, 1.165) is 185 Å². The summed E-state index contributed by atoms with van der Waals surface area (Å²) in [5.41, 5.74) is 23.5. The number of anilines is 7. The van der Waals surface area contributed by atoms with Crippen molar-refractivity contribution in [1.29, 1.82) is 0 Å². The van der Waals surface area contributed by atoms with Gasteiger partial charge in [-0.1, -0.05) is 65.7 Å². The first-order valence-electron chi connectivity index (χ1n) is 41.6. The van der Waals surface area contributed by atoms with E-state index in [-0.39, 0.29) is 33.8 Å². The highest BCUT2D eigenvalue weighted by atomic mass is 35.5. The lowest BCUT2D eigenvalue weighted by Gasteiger charge is -2.39. The fourth-order valence-corrected chi connectivity index (χ4v) is 23.8. The Bertz CT molecular complexity index is 5770. The second kappa shape index (κ2) is 33.6. The number of aromatic nitrogens is 12. The van der Waals surface area contributed by atoms with E-state index in [1.165, 1.54) is 53.0 Å². The van der Waals surface area contributed by atoms with Crippen LogP contribution in [0.25, 0.3) is 24.3 Å². The van der Waals surface area contributed by atoms with Gasteiger partial charge >= 0.3 is 0 Å². The molecule has 0 amide bonds. The molecule has 6 atom stereocenters. The zero-order chi connectivity index (χ0) is 83.8. The normalized spacial score (nSPS) is 22.5. The van der Waals surface area contributed by atoms with Gasteiger partial charge in [0, 0.05) is 235 Å². The molecule has 0 unspecified atom stereocenters. The molecule has 0 saturated carbocycles. The number of allylic oxidation sites excluding steroid dienone is 4. The van der Waals surface area contributed by atoms with Gasteiger partial charge in [0.25, 0.3) is 0 Å². The van der Waals surface area contributed by atoms with Crippen molar-refractivity contribution in [3.05, 3.63) is 192 Å². The zero-order valence-electron chi connectivity index (χ0n) is 69.0. The number of halogens is 2. The highest BCUT2D eigenvalue weighted by molar-refractivity contribution is 7.92. The molecule has 8 aliphatic heterocycles. The highest BCUT2D eigenvalue weighted by Crippen LogP contribution is 2.44. The van der Waals surface area contributed by atoms with Gasteiger partial charge in [0.1, 0.15) is 62.9 Å². The molecule has 0 N–H and O–H groups in total. The summed E-state index contributed by atoms with van der Waals surface area (Å²) >= 11 is 12.7. The van der Waals surface area contributed by atoms with Crippen LogP contribution in [0.15, 0.2) is 86.3 Å². The summed E-state index contributed by atoms with van der Waals surface area (Å²) in [6.07, 6.45) is 43.7. The standard InChI is InChI=1S/2C22H27N5O2S.2C21H24ClN5O2S/c1-15-12-20-18(13-27(15)21-6-9-23-19-5-3-4-17(19)21)22(25-14-24-20)26-10-7-16(8-11-26)30(2,28)29;1-15-10-21-19(13-27(15)18-11-17-4-3-5-20(17)23-12-18)22(25-14-24-21)16-6-8-26(9-7-16)30(2,28)29;2*1-13-8-18-16(11-27(13)19-9-20(22)25-17-5-3-4-15(17)19)21(24-12-23-18)26-7-6-14(10-26)30(2,28)29/h3-4,6,9,14-16H,5,7-8,10-13H2,1-2H3;3,5,11-12,14-16H,4,6-10,13H2,1-2H3;2*3-4,9,12-14H,5-8,10-11H2,1-2H3/t2*15-;13-,14+;13-,14-/m1111/s1. The van der Waals surface area contributed by atoms with Crippen LogP contribution in [0.3, 0.4) is 0 Å². The molecule has 632 valence electrons. The summed E-state index contributed by atoms with van der Waals surface area (Å²) in [4.78, 5) is 70.9. The van der Waals surface area contributed by atoms with Gasteiger partial charge in [-0.2, -0.15) is 0 Å². The monoisotopic (exact) mass is 1740 g/mol. The van der Waals surface area contributed by atoms with Gasteiger partial charge in [-0.25, -0.2) is 87.8 Å². The summed E-state index contributed by atoms with van der Waals surface area (Å²) in [5.74, 6) is 2.95. The largest absolute Gasteiger partial charge is 0.363 e. The van der Waals surface area contributed by atoms with E-state index < -0.39 is 39.5 Å². The second-order valence-electron chi connectivity index (χ2n) is 34.1. The third-order valence-corrected chi connectivity index (χ3v) is 32.7. The summed E-state index contributed by atoms with van der Waals surface area (Å²) in [6.45, 7) is 16.6. The van der Waals surface area contributed by atoms with Gasteiger partial charge in [-0.15, -0.1) is 0 Å². The van der Waals surface area contributed by atoms with Gasteiger partial charge < -0.3 is 34.3 Å². The van der Waals surface area contributed by atoms with Crippen molar-refractivity contribution in [2.24, 2.45) is 0 Å². The summed E-state index contributed by atoms with van der Waals surface area (Å²) < 4.78 is 97.3. The number of nitrogens with zero attached hydrogens (tertiary/aromatic N) is 20. The molecule has 0 bridgehead atoms. The van der Waals surface area contributed by atoms with Crippen LogP contribution in [0.1, 0.15) is 168 Å². The van der Waals surface area contributed by atoms with Crippen molar-refractivity contribution in [1.82, 2.24) is 64.1 Å². The fourth-order valence-electron chi connectivity index (χ4n) is 19.5. The Balaban J connectivity index is 0.000000114. The van der Waals surface area contributed by atoms with Crippen LogP contribution in [-0.4, -0.2) is 215 Å². The molecule has 28 nitrogen and oxygen atoms in total. The van der Waals surface area contributed by atoms with Gasteiger partial charge in [-0.05, 0) is 109 Å². The van der Waals surface area contributed by atoms with Gasteiger partial charge in [0.15, 0.2) is 19.7 Å². The predicted molar refractivity (Wildman–Crippen MR) is 473 cm³/mol. The maximum atomic E-state index is 12.0. The van der Waals surface area contributed by atoms with Crippen molar-refractivity contribution < 1.29 is 33.7 Å². The molecule has 4 aliphatic carbocycles. The number of sulfone groups is 3. The van der Waals surface area contributed by atoms with Crippen LogP contribution >= 0.6 is 23.2 Å². The van der Waals surface area contributed by atoms with Crippen LogP contribution < -0.4 is 34.3 Å². The second-order valence-corrected chi connectivity index (χ2v) is 43.8. The maximum Gasteiger partial charge on any atom is 0.211 e. The lowest BCUT2D eigenvalue weighted by atomic mass is 9.88. The number of rotatable bonds is 12. The van der Waals surface area contributed by atoms with E-state index in [4.69, 9.17) is 23.2 Å². The molecule has 8 aromatic heterocycles. The molecule has 34 heteroatoms. The molecule has 20 rings (SSSR count). The minimum absolute atomic E-state index is 0.242. The van der Waals surface area contributed by atoms with Crippen molar-refractivity contribution in [3.63, 3.8) is 0 Å². The minimum atomic E-state index is -3.13. The van der Waals surface area contributed by atoms with E-state index in [0.29, 0.717) is 114 Å². The molecule has 4 fully saturated rings. The first-order valence-corrected chi connectivity index (χ1v) is 50.1. The zero-order valence-corrected chi connectivity index (χ0v) is 73.8. The van der Waals surface area contributed by atoms with Crippen LogP contribution in [0.4, 0.5) is 40.2 Å². The fraction of sp³-hybridized carbons (Fsp3) is 0.488. The van der Waals surface area contributed by atoms with E-state index in [1.54, 1.807) is 29.6 Å². The van der Waals surface area contributed by atoms with Crippen molar-refractivity contribution in [3.8, 4) is 0 Å². The number of fused-ring (bicyclic) bond motifs is 8. The van der Waals surface area contributed by atoms with Gasteiger partial charge in [0.2, 0.25) is 10.0 Å². The maximum absolute atomic E-state index is 12.0. The third kappa shape index (κ3) is 17.1.